The van der Waals surface area contributed by atoms with Gasteiger partial charge in [0, 0.05) is 44.3 Å². The van der Waals surface area contributed by atoms with Gasteiger partial charge in [0.2, 0.25) is 0 Å². The quantitative estimate of drug-likeness (QED) is 0.141. The van der Waals surface area contributed by atoms with Crippen molar-refractivity contribution in [3.8, 4) is 0 Å². The molecule has 0 heterocycles. The number of fused-ring (bicyclic) bond motifs is 3. The molecule has 2 nitrogen and oxygen atoms in total. The summed E-state index contributed by atoms with van der Waals surface area (Å²) in [6.45, 7) is 0. The number of benzene rings is 9. The maximum absolute atomic E-state index is 2.40. The fourth-order valence-electron chi connectivity index (χ4n) is 7.21. The number of nitrogens with zero attached hydrogens (tertiary/aromatic N) is 2. The van der Waals surface area contributed by atoms with Gasteiger partial charge in [-0.3, -0.25) is 0 Å². The summed E-state index contributed by atoms with van der Waals surface area (Å²) in [5.41, 5.74) is 6.87. The number of hydrogen-bond donors (Lipinski definition) is 0. The predicted molar refractivity (Wildman–Crippen MR) is 197 cm³/mol. The predicted octanol–water partition coefficient (Wildman–Crippen LogP) is 12.7. The molecular weight excluding hydrogens is 556 g/mol. The SMILES string of the molecule is c1ccc(N(c2ccccc2)c2ccc3ccc4ccc(N(c5ccccc5)c5ccccc5)c5c6ccccc6c2c3c45)cc1. The average molecular weight is 587 g/mol. The normalized spacial score (nSPS) is 11.5. The van der Waals surface area contributed by atoms with Gasteiger partial charge in [0.25, 0.3) is 0 Å². The first-order valence-electron chi connectivity index (χ1n) is 15.8. The number of para-hydroxylation sites is 4. The van der Waals surface area contributed by atoms with E-state index in [1.165, 1.54) is 54.5 Å². The molecule has 9 aromatic carbocycles. The summed E-state index contributed by atoms with van der Waals surface area (Å²) < 4.78 is 0. The van der Waals surface area contributed by atoms with E-state index in [9.17, 15) is 0 Å². The summed E-state index contributed by atoms with van der Waals surface area (Å²) in [6, 6.07) is 65.6. The Morgan fingerprint density at radius 3 is 0.848 bits per heavy atom. The molecule has 2 heteroatoms. The summed E-state index contributed by atoms with van der Waals surface area (Å²) in [5.74, 6) is 0. The van der Waals surface area contributed by atoms with Crippen LogP contribution in [0.2, 0.25) is 0 Å². The highest BCUT2D eigenvalue weighted by molar-refractivity contribution is 6.38. The van der Waals surface area contributed by atoms with Gasteiger partial charge in [-0.1, -0.05) is 121 Å². The minimum Gasteiger partial charge on any atom is -0.310 e. The van der Waals surface area contributed by atoms with Crippen LogP contribution in [-0.4, -0.2) is 0 Å². The van der Waals surface area contributed by atoms with Crippen LogP contribution in [0.4, 0.5) is 34.1 Å². The lowest BCUT2D eigenvalue weighted by atomic mass is 9.87. The van der Waals surface area contributed by atoms with Crippen LogP contribution in [-0.2, 0) is 0 Å². The molecule has 0 radical (unpaired) electrons. The number of hydrogen-bond acceptors (Lipinski definition) is 2. The van der Waals surface area contributed by atoms with E-state index in [2.05, 4.69) is 192 Å². The molecule has 9 aromatic rings. The molecule has 0 fully saturated rings. The molecule has 0 atom stereocenters. The van der Waals surface area contributed by atoms with Crippen LogP contribution >= 0.6 is 0 Å². The Morgan fingerprint density at radius 2 is 0.522 bits per heavy atom. The molecule has 0 aromatic heterocycles. The van der Waals surface area contributed by atoms with Crippen LogP contribution in [0.1, 0.15) is 0 Å². The largest absolute Gasteiger partial charge is 0.310 e. The number of anilines is 6. The molecule has 0 aliphatic heterocycles. The molecule has 0 N–H and O–H groups in total. The van der Waals surface area contributed by atoms with Gasteiger partial charge >= 0.3 is 0 Å². The van der Waals surface area contributed by atoms with E-state index >= 15 is 0 Å². The summed E-state index contributed by atoms with van der Waals surface area (Å²) in [6.07, 6.45) is 0. The first-order valence-corrected chi connectivity index (χ1v) is 15.8. The molecule has 216 valence electrons. The maximum Gasteiger partial charge on any atom is 0.0546 e. The van der Waals surface area contributed by atoms with Crippen molar-refractivity contribution in [2.24, 2.45) is 0 Å². The highest BCUT2D eigenvalue weighted by Crippen LogP contribution is 2.51. The lowest BCUT2D eigenvalue weighted by Crippen LogP contribution is -2.12. The molecule has 0 aliphatic rings. The van der Waals surface area contributed by atoms with E-state index in [-0.39, 0.29) is 0 Å². The molecule has 0 amide bonds. The number of rotatable bonds is 6. The third kappa shape index (κ3) is 4.12. The Labute approximate surface area is 268 Å². The monoisotopic (exact) mass is 586 g/mol. The van der Waals surface area contributed by atoms with Crippen molar-refractivity contribution in [2.75, 3.05) is 9.80 Å². The standard InChI is InChI=1S/C44H30N2/c1-5-15-33(16-6-1)45(34-17-7-2-8-18-34)39-29-27-31-25-26-32-28-30-40(44-38-24-14-13-23-37(38)43(39)41(31)42(32)44)46(35-19-9-3-10-20-35)36-21-11-4-12-22-36/h1-30H. The fraction of sp³-hybridized carbons (Fsp3) is 0. The summed E-state index contributed by atoms with van der Waals surface area (Å²) >= 11 is 0. The zero-order chi connectivity index (χ0) is 30.5. The van der Waals surface area contributed by atoms with Crippen LogP contribution in [0, 0.1) is 0 Å². The molecule has 0 bridgehead atoms. The maximum atomic E-state index is 2.40. The smallest absolute Gasteiger partial charge is 0.0546 e. The molecule has 0 unspecified atom stereocenters. The minimum atomic E-state index is 1.13. The topological polar surface area (TPSA) is 6.48 Å². The molecular formula is C44H30N2. The van der Waals surface area contributed by atoms with Crippen LogP contribution < -0.4 is 9.80 Å². The van der Waals surface area contributed by atoms with Crippen molar-refractivity contribution in [3.63, 3.8) is 0 Å². The average Bonchev–Trinajstić information content (AvgIpc) is 3.13. The van der Waals surface area contributed by atoms with Crippen LogP contribution in [0.3, 0.4) is 0 Å². The Hall–Kier alpha value is -6.12. The Kier molecular flexibility index (Phi) is 6.17. The van der Waals surface area contributed by atoms with E-state index in [4.69, 9.17) is 0 Å². The van der Waals surface area contributed by atoms with Gasteiger partial charge in [0.1, 0.15) is 0 Å². The fourth-order valence-corrected chi connectivity index (χ4v) is 7.21. The first-order chi connectivity index (χ1) is 22.9. The van der Waals surface area contributed by atoms with Crippen molar-refractivity contribution in [2.45, 2.75) is 0 Å². The van der Waals surface area contributed by atoms with Crippen LogP contribution in [0.5, 0.6) is 0 Å². The zero-order valence-corrected chi connectivity index (χ0v) is 25.2. The van der Waals surface area contributed by atoms with Crippen LogP contribution in [0.15, 0.2) is 182 Å². The van der Waals surface area contributed by atoms with Crippen molar-refractivity contribution in [1.82, 2.24) is 0 Å². The van der Waals surface area contributed by atoms with Gasteiger partial charge in [-0.25, -0.2) is 0 Å². The van der Waals surface area contributed by atoms with Crippen LogP contribution in [0.25, 0.3) is 43.1 Å². The van der Waals surface area contributed by atoms with Gasteiger partial charge in [0.05, 0.1) is 11.4 Å². The lowest BCUT2D eigenvalue weighted by Gasteiger charge is -2.30. The zero-order valence-electron chi connectivity index (χ0n) is 25.2. The molecule has 0 aliphatic carbocycles. The molecule has 0 saturated carbocycles. The second-order valence-electron chi connectivity index (χ2n) is 11.7. The van der Waals surface area contributed by atoms with E-state index < -0.39 is 0 Å². The van der Waals surface area contributed by atoms with Crippen molar-refractivity contribution < 1.29 is 0 Å². The minimum absolute atomic E-state index is 1.13. The summed E-state index contributed by atoms with van der Waals surface area (Å²) in [4.78, 5) is 4.80. The van der Waals surface area contributed by atoms with Gasteiger partial charge in [-0.2, -0.15) is 0 Å². The van der Waals surface area contributed by atoms with Crippen molar-refractivity contribution in [3.05, 3.63) is 182 Å². The van der Waals surface area contributed by atoms with Gasteiger partial charge in [-0.05, 0) is 82.2 Å². The molecule has 0 saturated heterocycles. The van der Waals surface area contributed by atoms with E-state index in [1.54, 1.807) is 0 Å². The Morgan fingerprint density at radius 1 is 0.239 bits per heavy atom. The highest BCUT2D eigenvalue weighted by atomic mass is 15.1. The Bertz CT molecular complexity index is 2200. The van der Waals surface area contributed by atoms with E-state index in [0.717, 1.165) is 22.7 Å². The summed E-state index contributed by atoms with van der Waals surface area (Å²) in [7, 11) is 0. The molecule has 9 rings (SSSR count). The third-order valence-electron chi connectivity index (χ3n) is 9.13. The molecule has 46 heavy (non-hydrogen) atoms. The molecule has 0 spiro atoms. The van der Waals surface area contributed by atoms with Gasteiger partial charge in [-0.15, -0.1) is 0 Å². The van der Waals surface area contributed by atoms with Crippen molar-refractivity contribution >= 4 is 77.2 Å². The third-order valence-corrected chi connectivity index (χ3v) is 9.13. The summed E-state index contributed by atoms with van der Waals surface area (Å²) in [5, 5.41) is 10.1. The second kappa shape index (κ2) is 10.8. The first kappa shape index (κ1) is 26.3. The van der Waals surface area contributed by atoms with E-state index in [0.29, 0.717) is 0 Å². The second-order valence-corrected chi connectivity index (χ2v) is 11.7. The van der Waals surface area contributed by atoms with Crippen molar-refractivity contribution in [1.29, 1.82) is 0 Å². The lowest BCUT2D eigenvalue weighted by molar-refractivity contribution is 1.30. The Balaban J connectivity index is 1.45. The van der Waals surface area contributed by atoms with Gasteiger partial charge in [0.15, 0.2) is 0 Å². The highest BCUT2D eigenvalue weighted by Gasteiger charge is 2.24. The van der Waals surface area contributed by atoms with E-state index in [1.807, 2.05) is 0 Å². The van der Waals surface area contributed by atoms with Gasteiger partial charge < -0.3 is 9.80 Å².